The molecular formula is C6H9N3O2. The van der Waals surface area contributed by atoms with E-state index < -0.39 is 5.97 Å². The van der Waals surface area contributed by atoms with Crippen LogP contribution < -0.4 is 5.43 Å². The summed E-state index contributed by atoms with van der Waals surface area (Å²) < 4.78 is 0. The summed E-state index contributed by atoms with van der Waals surface area (Å²) >= 11 is 0. The number of rotatable bonds is 1. The van der Waals surface area contributed by atoms with Gasteiger partial charge in [0.15, 0.2) is 0 Å². The summed E-state index contributed by atoms with van der Waals surface area (Å²) in [5.41, 5.74) is 2.76. The molecule has 11 heavy (non-hydrogen) atoms. The Balaban J connectivity index is 2.17. The Hall–Kier alpha value is -1.26. The first-order chi connectivity index (χ1) is 5.29. The molecule has 2 aliphatic heterocycles. The number of amidine groups is 1. The molecule has 1 unspecified atom stereocenters. The third-order valence-electron chi connectivity index (χ3n) is 2.08. The Labute approximate surface area is 63.7 Å². The number of carboxylic acids is 1. The molecule has 0 aromatic carbocycles. The van der Waals surface area contributed by atoms with E-state index in [1.54, 1.807) is 4.90 Å². The van der Waals surface area contributed by atoms with Gasteiger partial charge in [0.25, 0.3) is 0 Å². The predicted molar refractivity (Wildman–Crippen MR) is 37.9 cm³/mol. The number of hydrogen-bond donors (Lipinski definition) is 2. The van der Waals surface area contributed by atoms with Gasteiger partial charge in [-0.1, -0.05) is 0 Å². The van der Waals surface area contributed by atoms with Crippen LogP contribution in [0.5, 0.6) is 0 Å². The quantitative estimate of drug-likeness (QED) is 0.531. The normalized spacial score (nSPS) is 27.8. The molecule has 0 aromatic heterocycles. The molecule has 2 N–H and O–H groups in total. The van der Waals surface area contributed by atoms with Crippen LogP contribution in [0.15, 0.2) is 5.10 Å². The Morgan fingerprint density at radius 2 is 2.64 bits per heavy atom. The maximum Gasteiger partial charge on any atom is 0.326 e. The molecular weight excluding hydrogens is 146 g/mol. The van der Waals surface area contributed by atoms with Gasteiger partial charge in [-0.15, -0.1) is 0 Å². The van der Waals surface area contributed by atoms with Gasteiger partial charge in [0.2, 0.25) is 0 Å². The predicted octanol–water partition coefficient (Wildman–Crippen LogP) is -0.590. The second kappa shape index (κ2) is 2.11. The summed E-state index contributed by atoms with van der Waals surface area (Å²) in [5, 5.41) is 12.7. The number of carbonyl (C=O) groups is 1. The first-order valence-corrected chi connectivity index (χ1v) is 3.58. The lowest BCUT2D eigenvalue weighted by Gasteiger charge is -2.16. The Bertz CT molecular complexity index is 226. The van der Waals surface area contributed by atoms with E-state index in [2.05, 4.69) is 10.5 Å². The highest BCUT2D eigenvalue weighted by Crippen LogP contribution is 2.21. The van der Waals surface area contributed by atoms with Gasteiger partial charge in [0, 0.05) is 6.42 Å². The van der Waals surface area contributed by atoms with Crippen molar-refractivity contribution in [2.24, 2.45) is 5.10 Å². The lowest BCUT2D eigenvalue weighted by Crippen LogP contribution is -2.38. The van der Waals surface area contributed by atoms with Crippen molar-refractivity contribution in [3.63, 3.8) is 0 Å². The van der Waals surface area contributed by atoms with Gasteiger partial charge in [-0.2, -0.15) is 5.10 Å². The van der Waals surface area contributed by atoms with E-state index in [0.717, 1.165) is 12.3 Å². The molecule has 0 saturated carbocycles. The molecule has 0 bridgehead atoms. The van der Waals surface area contributed by atoms with Gasteiger partial charge >= 0.3 is 5.97 Å². The van der Waals surface area contributed by atoms with Gasteiger partial charge < -0.3 is 10.0 Å². The highest BCUT2D eigenvalue weighted by Gasteiger charge is 2.36. The smallest absolute Gasteiger partial charge is 0.326 e. The van der Waals surface area contributed by atoms with Crippen LogP contribution in [0.4, 0.5) is 0 Å². The molecule has 0 spiro atoms. The SMILES string of the molecule is O=C(O)C1CCC2=NNCN21. The zero-order chi connectivity index (χ0) is 7.84. The van der Waals surface area contributed by atoms with Gasteiger partial charge in [-0.3, -0.25) is 5.43 Å². The van der Waals surface area contributed by atoms with Gasteiger partial charge in [0.1, 0.15) is 18.5 Å². The van der Waals surface area contributed by atoms with Crippen molar-refractivity contribution in [1.82, 2.24) is 10.3 Å². The van der Waals surface area contributed by atoms with Crippen LogP contribution in [0.2, 0.25) is 0 Å². The summed E-state index contributed by atoms with van der Waals surface area (Å²) in [6, 6.07) is -0.358. The lowest BCUT2D eigenvalue weighted by molar-refractivity contribution is -0.141. The number of carboxylic acid groups (broad SMARTS) is 1. The zero-order valence-corrected chi connectivity index (χ0v) is 5.95. The Morgan fingerprint density at radius 3 is 3.36 bits per heavy atom. The molecule has 0 aromatic rings. The highest BCUT2D eigenvalue weighted by atomic mass is 16.4. The van der Waals surface area contributed by atoms with Crippen LogP contribution >= 0.6 is 0 Å². The third-order valence-corrected chi connectivity index (χ3v) is 2.08. The minimum atomic E-state index is -0.751. The average Bonchev–Trinajstić information content (AvgIpc) is 2.41. The molecule has 2 rings (SSSR count). The van der Waals surface area contributed by atoms with E-state index in [0.29, 0.717) is 13.1 Å². The molecule has 1 saturated heterocycles. The number of hydrazone groups is 1. The van der Waals surface area contributed by atoms with Crippen molar-refractivity contribution < 1.29 is 9.90 Å². The van der Waals surface area contributed by atoms with E-state index in [-0.39, 0.29) is 6.04 Å². The number of hydrogen-bond acceptors (Lipinski definition) is 4. The number of nitrogens with one attached hydrogen (secondary N) is 1. The van der Waals surface area contributed by atoms with Crippen molar-refractivity contribution in [1.29, 1.82) is 0 Å². The molecule has 2 aliphatic rings. The molecule has 5 nitrogen and oxygen atoms in total. The Morgan fingerprint density at radius 1 is 1.82 bits per heavy atom. The average molecular weight is 155 g/mol. The number of nitrogens with zero attached hydrogens (tertiary/aromatic N) is 2. The molecule has 2 heterocycles. The second-order valence-electron chi connectivity index (χ2n) is 2.71. The van der Waals surface area contributed by atoms with Gasteiger partial charge in [0.05, 0.1) is 0 Å². The molecule has 0 radical (unpaired) electrons. The van der Waals surface area contributed by atoms with Gasteiger partial charge in [-0.25, -0.2) is 4.79 Å². The fourth-order valence-corrected chi connectivity index (χ4v) is 1.53. The first-order valence-electron chi connectivity index (χ1n) is 3.58. The topological polar surface area (TPSA) is 64.9 Å². The minimum absolute atomic E-state index is 0.358. The summed E-state index contributed by atoms with van der Waals surface area (Å²) in [5.74, 6) is 0.135. The number of aliphatic carboxylic acids is 1. The largest absolute Gasteiger partial charge is 0.480 e. The van der Waals surface area contributed by atoms with E-state index in [1.165, 1.54) is 0 Å². The molecule has 1 atom stereocenters. The summed E-state index contributed by atoms with van der Waals surface area (Å²) in [6.07, 6.45) is 1.47. The van der Waals surface area contributed by atoms with E-state index in [4.69, 9.17) is 5.11 Å². The maximum absolute atomic E-state index is 10.6. The van der Waals surface area contributed by atoms with Crippen molar-refractivity contribution in [2.45, 2.75) is 18.9 Å². The minimum Gasteiger partial charge on any atom is -0.480 e. The van der Waals surface area contributed by atoms with Crippen LogP contribution in [0.25, 0.3) is 0 Å². The van der Waals surface area contributed by atoms with Crippen molar-refractivity contribution in [2.75, 3.05) is 6.67 Å². The molecule has 60 valence electrons. The molecule has 0 amide bonds. The van der Waals surface area contributed by atoms with Crippen LogP contribution in [0.1, 0.15) is 12.8 Å². The zero-order valence-electron chi connectivity index (χ0n) is 5.95. The van der Waals surface area contributed by atoms with Gasteiger partial charge in [-0.05, 0) is 6.42 Å². The molecule has 1 fully saturated rings. The standard InChI is InChI=1S/C6H9N3O2/c10-6(11)4-1-2-5-8-7-3-9(4)5/h4,7H,1-3H2,(H,10,11). The maximum atomic E-state index is 10.6. The van der Waals surface area contributed by atoms with E-state index >= 15 is 0 Å². The van der Waals surface area contributed by atoms with Crippen molar-refractivity contribution >= 4 is 11.8 Å². The second-order valence-corrected chi connectivity index (χ2v) is 2.71. The van der Waals surface area contributed by atoms with Crippen molar-refractivity contribution in [3.8, 4) is 0 Å². The highest BCUT2D eigenvalue weighted by molar-refractivity contribution is 5.91. The van der Waals surface area contributed by atoms with E-state index in [1.807, 2.05) is 0 Å². The van der Waals surface area contributed by atoms with Crippen LogP contribution in [-0.4, -0.2) is 34.5 Å². The molecule has 0 aliphatic carbocycles. The summed E-state index contributed by atoms with van der Waals surface area (Å²) in [4.78, 5) is 12.4. The fraction of sp³-hybridized carbons (Fsp3) is 0.667. The monoisotopic (exact) mass is 155 g/mol. The lowest BCUT2D eigenvalue weighted by atomic mass is 10.2. The van der Waals surface area contributed by atoms with Crippen LogP contribution in [0.3, 0.4) is 0 Å². The summed E-state index contributed by atoms with van der Waals surface area (Å²) in [6.45, 7) is 0.548. The number of fused-ring (bicyclic) bond motifs is 1. The Kier molecular flexibility index (Phi) is 1.24. The molecule has 5 heteroatoms. The summed E-state index contributed by atoms with van der Waals surface area (Å²) in [7, 11) is 0. The first kappa shape index (κ1) is 6.45. The van der Waals surface area contributed by atoms with Crippen molar-refractivity contribution in [3.05, 3.63) is 0 Å². The van der Waals surface area contributed by atoms with E-state index in [9.17, 15) is 4.79 Å². The fourth-order valence-electron chi connectivity index (χ4n) is 1.53. The third kappa shape index (κ3) is 0.840. The van der Waals surface area contributed by atoms with Crippen LogP contribution in [0, 0.1) is 0 Å². The van der Waals surface area contributed by atoms with Crippen LogP contribution in [-0.2, 0) is 4.79 Å².